The average Bonchev–Trinajstić information content (AvgIpc) is 2.85. The Bertz CT molecular complexity index is 560. The molecule has 1 fully saturated rings. The second-order valence-corrected chi connectivity index (χ2v) is 6.04. The van der Waals surface area contributed by atoms with Gasteiger partial charge in [-0.25, -0.2) is 0 Å². The minimum Gasteiger partial charge on any atom is -0.386 e. The number of hydrogen-bond donors (Lipinski definition) is 2. The van der Waals surface area contributed by atoms with E-state index in [1.54, 1.807) is 23.1 Å². The van der Waals surface area contributed by atoms with E-state index >= 15 is 0 Å². The molecule has 0 bridgehead atoms. The van der Waals surface area contributed by atoms with Crippen molar-refractivity contribution in [3.63, 3.8) is 0 Å². The van der Waals surface area contributed by atoms with Gasteiger partial charge < -0.3 is 15.3 Å². The number of rotatable bonds is 5. The van der Waals surface area contributed by atoms with E-state index in [0.29, 0.717) is 28.7 Å². The second kappa shape index (κ2) is 7.31. The van der Waals surface area contributed by atoms with Crippen LogP contribution in [0.25, 0.3) is 0 Å². The minimum atomic E-state index is -0.996. The predicted molar refractivity (Wildman–Crippen MR) is 84.8 cm³/mol. The van der Waals surface area contributed by atoms with Crippen LogP contribution >= 0.6 is 23.2 Å². The van der Waals surface area contributed by atoms with E-state index in [1.165, 1.54) is 0 Å². The molecule has 5 nitrogen and oxygen atoms in total. The smallest absolute Gasteiger partial charge is 0.225 e. The maximum Gasteiger partial charge on any atom is 0.225 e. The summed E-state index contributed by atoms with van der Waals surface area (Å²) in [6, 6.07) is 4.94. The van der Waals surface area contributed by atoms with Gasteiger partial charge in [-0.15, -0.1) is 0 Å². The highest BCUT2D eigenvalue weighted by Gasteiger charge is 2.33. The van der Waals surface area contributed by atoms with Gasteiger partial charge in [0.15, 0.2) is 0 Å². The first-order valence-corrected chi connectivity index (χ1v) is 7.87. The average molecular weight is 345 g/mol. The molecule has 0 aliphatic carbocycles. The number of carbonyl (C=O) groups excluding carboxylic acids is 2. The Morgan fingerprint density at radius 1 is 1.45 bits per heavy atom. The predicted octanol–water partition coefficient (Wildman–Crippen LogP) is 2.01. The highest BCUT2D eigenvalue weighted by molar-refractivity contribution is 6.36. The van der Waals surface area contributed by atoms with E-state index in [9.17, 15) is 14.7 Å². The van der Waals surface area contributed by atoms with Crippen LogP contribution in [0, 0.1) is 5.92 Å². The third-order valence-electron chi connectivity index (χ3n) is 3.77. The molecule has 2 amide bonds. The van der Waals surface area contributed by atoms with Crippen LogP contribution in [0.4, 0.5) is 0 Å². The van der Waals surface area contributed by atoms with Crippen molar-refractivity contribution in [2.75, 3.05) is 19.6 Å². The van der Waals surface area contributed by atoms with Crippen molar-refractivity contribution >= 4 is 35.0 Å². The van der Waals surface area contributed by atoms with Gasteiger partial charge in [-0.2, -0.15) is 0 Å². The third kappa shape index (κ3) is 3.72. The van der Waals surface area contributed by atoms with Crippen molar-refractivity contribution in [3.05, 3.63) is 33.8 Å². The number of halogens is 2. The van der Waals surface area contributed by atoms with Gasteiger partial charge in [0, 0.05) is 41.7 Å². The van der Waals surface area contributed by atoms with Crippen LogP contribution in [0.15, 0.2) is 18.2 Å². The number of aliphatic hydroxyl groups excluding tert-OH is 1. The van der Waals surface area contributed by atoms with Crippen LogP contribution in [0.5, 0.6) is 0 Å². The molecule has 0 aromatic heterocycles. The largest absolute Gasteiger partial charge is 0.386 e. The van der Waals surface area contributed by atoms with Gasteiger partial charge in [0.05, 0.1) is 12.0 Å². The summed E-state index contributed by atoms with van der Waals surface area (Å²) >= 11 is 12.0. The Kier molecular flexibility index (Phi) is 5.67. The summed E-state index contributed by atoms with van der Waals surface area (Å²) in [7, 11) is 0. The molecule has 0 radical (unpaired) electrons. The van der Waals surface area contributed by atoms with Gasteiger partial charge >= 0.3 is 0 Å². The van der Waals surface area contributed by atoms with Gasteiger partial charge in [-0.05, 0) is 19.1 Å². The van der Waals surface area contributed by atoms with E-state index in [2.05, 4.69) is 5.32 Å². The van der Waals surface area contributed by atoms with Crippen LogP contribution in [-0.2, 0) is 9.59 Å². The van der Waals surface area contributed by atoms with E-state index in [4.69, 9.17) is 23.2 Å². The lowest BCUT2D eigenvalue weighted by molar-refractivity contribution is -0.129. The summed E-state index contributed by atoms with van der Waals surface area (Å²) in [5.41, 5.74) is 0.392. The molecule has 2 atom stereocenters. The molecular weight excluding hydrogens is 327 g/mol. The van der Waals surface area contributed by atoms with Crippen molar-refractivity contribution in [3.8, 4) is 0 Å². The summed E-state index contributed by atoms with van der Waals surface area (Å²) in [6.45, 7) is 2.89. The fourth-order valence-electron chi connectivity index (χ4n) is 2.53. The number of aliphatic hydroxyl groups is 1. The number of likely N-dealkylation sites (tertiary alicyclic amines) is 1. The van der Waals surface area contributed by atoms with E-state index < -0.39 is 6.10 Å². The summed E-state index contributed by atoms with van der Waals surface area (Å²) in [4.78, 5) is 25.4. The zero-order chi connectivity index (χ0) is 16.3. The maximum absolute atomic E-state index is 12.1. The highest BCUT2D eigenvalue weighted by atomic mass is 35.5. The Balaban J connectivity index is 1.93. The summed E-state index contributed by atoms with van der Waals surface area (Å²) < 4.78 is 0. The van der Waals surface area contributed by atoms with Crippen LogP contribution in [-0.4, -0.2) is 41.5 Å². The number of carbonyl (C=O) groups is 2. The fourth-order valence-corrected chi connectivity index (χ4v) is 3.18. The van der Waals surface area contributed by atoms with Gasteiger partial charge in [0.2, 0.25) is 11.8 Å². The molecule has 2 rings (SSSR count). The molecule has 0 saturated carbocycles. The first-order chi connectivity index (χ1) is 10.4. The molecule has 120 valence electrons. The fraction of sp³-hybridized carbons (Fsp3) is 0.467. The highest BCUT2D eigenvalue weighted by Crippen LogP contribution is 2.30. The SMILES string of the molecule is CCN1C[C@@H](C(=O)NC[C@@H](O)c2c(Cl)cccc2Cl)CC1=O. The quantitative estimate of drug-likeness (QED) is 0.858. The monoisotopic (exact) mass is 344 g/mol. The second-order valence-electron chi connectivity index (χ2n) is 5.23. The lowest BCUT2D eigenvalue weighted by Crippen LogP contribution is -2.35. The molecule has 0 unspecified atom stereocenters. The molecule has 1 heterocycles. The normalized spacial score (nSPS) is 19.4. The Hall–Kier alpha value is -1.30. The lowest BCUT2D eigenvalue weighted by atomic mass is 10.1. The molecule has 1 aromatic rings. The van der Waals surface area contributed by atoms with E-state index in [-0.39, 0.29) is 30.7 Å². The maximum atomic E-state index is 12.1. The van der Waals surface area contributed by atoms with Crippen molar-refractivity contribution in [1.82, 2.24) is 10.2 Å². The molecule has 1 saturated heterocycles. The zero-order valence-electron chi connectivity index (χ0n) is 12.2. The van der Waals surface area contributed by atoms with Gasteiger partial charge in [-0.3, -0.25) is 9.59 Å². The Labute approximate surface area is 139 Å². The number of hydrogen-bond acceptors (Lipinski definition) is 3. The summed E-state index contributed by atoms with van der Waals surface area (Å²) in [5, 5.41) is 13.5. The van der Waals surface area contributed by atoms with Crippen LogP contribution in [0.2, 0.25) is 10.0 Å². The molecule has 7 heteroatoms. The minimum absolute atomic E-state index is 0.000891. The lowest BCUT2D eigenvalue weighted by Gasteiger charge is -2.17. The summed E-state index contributed by atoms with van der Waals surface area (Å²) in [5.74, 6) is -0.634. The van der Waals surface area contributed by atoms with E-state index in [0.717, 1.165) is 0 Å². The summed E-state index contributed by atoms with van der Waals surface area (Å²) in [6.07, 6.45) is -0.785. The van der Waals surface area contributed by atoms with Crippen molar-refractivity contribution in [2.24, 2.45) is 5.92 Å². The zero-order valence-corrected chi connectivity index (χ0v) is 13.7. The molecular formula is C15H18Cl2N2O3. The third-order valence-corrected chi connectivity index (χ3v) is 4.43. The van der Waals surface area contributed by atoms with Crippen LogP contribution in [0.3, 0.4) is 0 Å². The first kappa shape index (κ1) is 17.1. The van der Waals surface area contributed by atoms with Crippen molar-refractivity contribution < 1.29 is 14.7 Å². The number of nitrogens with zero attached hydrogens (tertiary/aromatic N) is 1. The standard InChI is InChI=1S/C15H18Cl2N2O3/c1-2-19-8-9(6-13(19)21)15(22)18-7-12(20)14-10(16)4-3-5-11(14)17/h3-5,9,12,20H,2,6-8H2,1H3,(H,18,22)/t9-,12+/m0/s1. The molecule has 1 aromatic carbocycles. The number of amides is 2. The van der Waals surface area contributed by atoms with Crippen LogP contribution < -0.4 is 5.32 Å². The molecule has 2 N–H and O–H groups in total. The van der Waals surface area contributed by atoms with E-state index in [1.807, 2.05) is 6.92 Å². The van der Waals surface area contributed by atoms with Crippen molar-refractivity contribution in [1.29, 1.82) is 0 Å². The molecule has 0 spiro atoms. The topological polar surface area (TPSA) is 69.6 Å². The molecule has 22 heavy (non-hydrogen) atoms. The van der Waals surface area contributed by atoms with Crippen molar-refractivity contribution in [2.45, 2.75) is 19.4 Å². The van der Waals surface area contributed by atoms with Gasteiger partial charge in [-0.1, -0.05) is 29.3 Å². The Morgan fingerprint density at radius 2 is 2.09 bits per heavy atom. The molecule has 1 aliphatic rings. The van der Waals surface area contributed by atoms with Gasteiger partial charge in [0.25, 0.3) is 0 Å². The Morgan fingerprint density at radius 3 is 2.64 bits per heavy atom. The van der Waals surface area contributed by atoms with Gasteiger partial charge in [0.1, 0.15) is 0 Å². The van der Waals surface area contributed by atoms with Crippen LogP contribution in [0.1, 0.15) is 25.0 Å². The first-order valence-electron chi connectivity index (χ1n) is 7.11. The number of nitrogens with one attached hydrogen (secondary N) is 1. The number of benzene rings is 1. The molecule has 1 aliphatic heterocycles.